The quantitative estimate of drug-likeness (QED) is 0.592. The molecule has 0 saturated carbocycles. The summed E-state index contributed by atoms with van der Waals surface area (Å²) in [5.74, 6) is 0.00306. The van der Waals surface area contributed by atoms with E-state index in [0.29, 0.717) is 17.2 Å². The van der Waals surface area contributed by atoms with Crippen molar-refractivity contribution >= 4 is 33.3 Å². The molecule has 3 rings (SSSR count). The van der Waals surface area contributed by atoms with Crippen molar-refractivity contribution < 1.29 is 13.9 Å². The van der Waals surface area contributed by atoms with Crippen molar-refractivity contribution in [3.8, 4) is 11.5 Å². The Morgan fingerprint density at radius 1 is 1.19 bits per heavy atom. The maximum absolute atomic E-state index is 13.4. The average molecular weight is 416 g/mol. The highest BCUT2D eigenvalue weighted by Gasteiger charge is 2.14. The van der Waals surface area contributed by atoms with Crippen molar-refractivity contribution in [2.24, 2.45) is 0 Å². The van der Waals surface area contributed by atoms with Crippen LogP contribution in [-0.2, 0) is 0 Å². The molecule has 1 aromatic heterocycles. The highest BCUT2D eigenvalue weighted by Crippen LogP contribution is 2.29. The molecule has 3 aromatic rings. The highest BCUT2D eigenvalue weighted by atomic mass is 79.9. The molecule has 1 heterocycles. The van der Waals surface area contributed by atoms with E-state index in [1.807, 2.05) is 24.3 Å². The lowest BCUT2D eigenvalue weighted by Gasteiger charge is -2.10. The van der Waals surface area contributed by atoms with Gasteiger partial charge in [-0.15, -0.1) is 0 Å². The second-order valence-corrected chi connectivity index (χ2v) is 6.39. The Labute approximate surface area is 158 Å². The molecule has 0 atom stereocenters. The summed E-state index contributed by atoms with van der Waals surface area (Å²) in [6.07, 6.45) is 0. The lowest BCUT2D eigenvalue weighted by molar-refractivity contribution is 0.102. The third kappa shape index (κ3) is 4.00. The predicted octanol–water partition coefficient (Wildman–Crippen LogP) is 4.92. The number of carbonyl (C=O) groups excluding carboxylic acids is 1. The van der Waals surface area contributed by atoms with Crippen LogP contribution in [0.1, 0.15) is 15.9 Å². The number of hydrogen-bond acceptors (Lipinski definition) is 4. The van der Waals surface area contributed by atoms with E-state index >= 15 is 0 Å². The van der Waals surface area contributed by atoms with Crippen LogP contribution in [0.2, 0.25) is 0 Å². The molecule has 3 N–H and O–H groups in total. The van der Waals surface area contributed by atoms with Crippen LogP contribution >= 0.6 is 15.9 Å². The second kappa shape index (κ2) is 7.53. The maximum Gasteiger partial charge on any atom is 0.259 e. The fourth-order valence-electron chi connectivity index (χ4n) is 2.25. The molecule has 0 fully saturated rings. The highest BCUT2D eigenvalue weighted by molar-refractivity contribution is 9.10. The van der Waals surface area contributed by atoms with Crippen molar-refractivity contribution in [2.45, 2.75) is 6.92 Å². The third-order valence-corrected chi connectivity index (χ3v) is 4.26. The van der Waals surface area contributed by atoms with Gasteiger partial charge in [0, 0.05) is 11.3 Å². The van der Waals surface area contributed by atoms with Crippen LogP contribution in [0, 0.1) is 12.9 Å². The molecule has 0 aliphatic heterocycles. The topological polar surface area (TPSA) is 77.2 Å². The number of nitrogens with zero attached hydrogens (tertiary/aromatic N) is 1. The normalized spacial score (nSPS) is 10.4. The number of benzene rings is 2. The largest absolute Gasteiger partial charge is 0.456 e. The summed E-state index contributed by atoms with van der Waals surface area (Å²) in [5.41, 5.74) is 6.56. The van der Waals surface area contributed by atoms with E-state index in [1.165, 1.54) is 13.0 Å². The Hall–Kier alpha value is -2.93. The van der Waals surface area contributed by atoms with E-state index in [-0.39, 0.29) is 16.9 Å². The zero-order valence-electron chi connectivity index (χ0n) is 13.8. The van der Waals surface area contributed by atoms with Gasteiger partial charge in [-0.2, -0.15) is 4.39 Å². The molecular formula is C19H15BrFN3O2. The van der Waals surface area contributed by atoms with Gasteiger partial charge >= 0.3 is 0 Å². The molecule has 0 saturated heterocycles. The number of para-hydroxylation sites is 1. The smallest absolute Gasteiger partial charge is 0.259 e. The molecule has 0 spiro atoms. The molecule has 132 valence electrons. The Bertz CT molecular complexity index is 961. The molecule has 2 aromatic carbocycles. The van der Waals surface area contributed by atoms with Crippen molar-refractivity contribution in [3.63, 3.8) is 0 Å². The average Bonchev–Trinajstić information content (AvgIpc) is 2.61. The van der Waals surface area contributed by atoms with Crippen LogP contribution in [0.5, 0.6) is 11.5 Å². The Morgan fingerprint density at radius 2 is 1.88 bits per heavy atom. The Morgan fingerprint density at radius 3 is 2.58 bits per heavy atom. The van der Waals surface area contributed by atoms with Crippen LogP contribution in [0.4, 0.5) is 15.9 Å². The first-order valence-electron chi connectivity index (χ1n) is 7.70. The minimum absolute atomic E-state index is 0.123. The summed E-state index contributed by atoms with van der Waals surface area (Å²) < 4.78 is 20.0. The van der Waals surface area contributed by atoms with Crippen LogP contribution in [0.3, 0.4) is 0 Å². The molecule has 0 unspecified atom stereocenters. The van der Waals surface area contributed by atoms with Crippen molar-refractivity contribution in [1.82, 2.24) is 4.98 Å². The first-order chi connectivity index (χ1) is 12.4. The number of hydrogen-bond donors (Lipinski definition) is 2. The third-order valence-electron chi connectivity index (χ3n) is 3.60. The number of halogens is 2. The van der Waals surface area contributed by atoms with E-state index in [1.54, 1.807) is 24.3 Å². The summed E-state index contributed by atoms with van der Waals surface area (Å²) >= 11 is 3.42. The zero-order valence-corrected chi connectivity index (χ0v) is 15.4. The van der Waals surface area contributed by atoms with Crippen LogP contribution < -0.4 is 15.8 Å². The molecule has 26 heavy (non-hydrogen) atoms. The molecule has 0 bridgehead atoms. The van der Waals surface area contributed by atoms with Crippen molar-refractivity contribution in [3.05, 3.63) is 76.1 Å². The van der Waals surface area contributed by atoms with Gasteiger partial charge < -0.3 is 15.8 Å². The van der Waals surface area contributed by atoms with Gasteiger partial charge in [0.1, 0.15) is 17.3 Å². The fourth-order valence-corrected chi connectivity index (χ4v) is 2.61. The molecule has 0 aliphatic carbocycles. The summed E-state index contributed by atoms with van der Waals surface area (Å²) in [6.45, 7) is 1.52. The van der Waals surface area contributed by atoms with Gasteiger partial charge in [0.25, 0.3) is 5.91 Å². The number of amides is 1. The first-order valence-corrected chi connectivity index (χ1v) is 8.50. The number of aromatic nitrogens is 1. The van der Waals surface area contributed by atoms with Crippen molar-refractivity contribution in [2.75, 3.05) is 11.1 Å². The lowest BCUT2D eigenvalue weighted by atomic mass is 10.1. The minimum atomic E-state index is -0.687. The molecule has 0 aliphatic rings. The monoisotopic (exact) mass is 415 g/mol. The number of rotatable bonds is 4. The van der Waals surface area contributed by atoms with E-state index in [0.717, 1.165) is 4.47 Å². The number of nitrogens with one attached hydrogen (secondary N) is 1. The molecule has 5 nitrogen and oxygen atoms in total. The Balaban J connectivity index is 1.72. The SMILES string of the molecule is Cc1cc(C(=O)Nc2ccc(Oc3ccccc3Br)cc2)c(N)nc1F. The number of nitrogens with two attached hydrogens (primary N) is 1. The summed E-state index contributed by atoms with van der Waals surface area (Å²) in [5, 5.41) is 2.70. The van der Waals surface area contributed by atoms with Gasteiger partial charge in [0.2, 0.25) is 5.95 Å². The molecule has 0 radical (unpaired) electrons. The predicted molar refractivity (Wildman–Crippen MR) is 102 cm³/mol. The molecule has 7 heteroatoms. The van der Waals surface area contributed by atoms with E-state index in [9.17, 15) is 9.18 Å². The van der Waals surface area contributed by atoms with Gasteiger partial charge in [0.15, 0.2) is 0 Å². The van der Waals surface area contributed by atoms with Gasteiger partial charge in [-0.25, -0.2) is 4.98 Å². The summed E-state index contributed by atoms with van der Waals surface area (Å²) in [7, 11) is 0. The van der Waals surface area contributed by atoms with Gasteiger partial charge in [-0.1, -0.05) is 12.1 Å². The fraction of sp³-hybridized carbons (Fsp3) is 0.0526. The zero-order chi connectivity index (χ0) is 18.7. The van der Waals surface area contributed by atoms with Crippen LogP contribution in [-0.4, -0.2) is 10.9 Å². The van der Waals surface area contributed by atoms with Gasteiger partial charge in [0.05, 0.1) is 10.0 Å². The van der Waals surface area contributed by atoms with Gasteiger partial charge in [-0.3, -0.25) is 4.79 Å². The number of carbonyl (C=O) groups is 1. The maximum atomic E-state index is 13.4. The Kier molecular flexibility index (Phi) is 5.18. The lowest BCUT2D eigenvalue weighted by Crippen LogP contribution is -2.16. The molecular weight excluding hydrogens is 401 g/mol. The van der Waals surface area contributed by atoms with Crippen molar-refractivity contribution in [1.29, 1.82) is 0 Å². The van der Waals surface area contributed by atoms with Gasteiger partial charge in [-0.05, 0) is 65.3 Å². The number of nitrogen functional groups attached to an aromatic ring is 1. The number of ether oxygens (including phenoxy) is 1. The van der Waals surface area contributed by atoms with E-state index in [2.05, 4.69) is 26.2 Å². The second-order valence-electron chi connectivity index (χ2n) is 5.54. The van der Waals surface area contributed by atoms with E-state index in [4.69, 9.17) is 10.5 Å². The van der Waals surface area contributed by atoms with Crippen LogP contribution in [0.25, 0.3) is 0 Å². The number of anilines is 2. The number of pyridine rings is 1. The first kappa shape index (κ1) is 17.9. The minimum Gasteiger partial charge on any atom is -0.456 e. The molecule has 1 amide bonds. The summed E-state index contributed by atoms with van der Waals surface area (Å²) in [4.78, 5) is 15.9. The van der Waals surface area contributed by atoms with Crippen LogP contribution in [0.15, 0.2) is 59.1 Å². The standard InChI is InChI=1S/C19H15BrFN3O2/c1-11-10-14(18(22)24-17(11)21)19(25)23-12-6-8-13(9-7-12)26-16-5-3-2-4-15(16)20/h2-10H,1H3,(H2,22,24)(H,23,25). The summed E-state index contributed by atoms with van der Waals surface area (Å²) in [6, 6.07) is 15.7. The number of aryl methyl sites for hydroxylation is 1. The van der Waals surface area contributed by atoms with E-state index < -0.39 is 11.9 Å².